The summed E-state index contributed by atoms with van der Waals surface area (Å²) in [6, 6.07) is 14.4. The maximum absolute atomic E-state index is 13.9. The second-order valence-electron chi connectivity index (χ2n) is 14.8. The summed E-state index contributed by atoms with van der Waals surface area (Å²) in [5, 5.41) is 5.24. The molecule has 5 heterocycles. The van der Waals surface area contributed by atoms with E-state index in [-0.39, 0.29) is 30.5 Å². The van der Waals surface area contributed by atoms with Crippen molar-refractivity contribution in [1.82, 2.24) is 35.4 Å². The molecule has 16 heteroatoms. The number of nitrogens with one attached hydrogen (secondary N) is 4. The average molecular weight is 798 g/mol. The van der Waals surface area contributed by atoms with Crippen LogP contribution in [0.3, 0.4) is 0 Å². The number of amides is 4. The Bertz CT molecular complexity index is 2100. The molecule has 4 aromatic rings. The number of rotatable bonds is 13. The van der Waals surface area contributed by atoms with Gasteiger partial charge in [-0.15, -0.1) is 0 Å². The number of benzene rings is 2. The van der Waals surface area contributed by atoms with Crippen LogP contribution >= 0.6 is 0 Å². The fraction of sp³-hybridized carbons (Fsp3) is 0.452. The number of H-pyrrole nitrogens is 2. The van der Waals surface area contributed by atoms with Gasteiger partial charge in [0.1, 0.15) is 17.9 Å². The van der Waals surface area contributed by atoms with Crippen LogP contribution in [0, 0.1) is 0 Å². The molecule has 2 aromatic heterocycles. The summed E-state index contributed by atoms with van der Waals surface area (Å²) < 4.78 is 26.1. The molecule has 4 N–H and O–H groups in total. The molecule has 5 atom stereocenters. The third-order valence-corrected chi connectivity index (χ3v) is 11.4. The van der Waals surface area contributed by atoms with E-state index in [1.807, 2.05) is 17.0 Å². The third-order valence-electron chi connectivity index (χ3n) is 11.4. The van der Waals surface area contributed by atoms with E-state index < -0.39 is 30.4 Å². The molecular weight excluding hydrogens is 747 g/mol. The van der Waals surface area contributed by atoms with Crippen LogP contribution in [-0.2, 0) is 46.5 Å². The smallest absolute Gasteiger partial charge is 0.407 e. The number of aromatic amines is 2. The topological polar surface area (TPSA) is 189 Å². The molecule has 2 fully saturated rings. The highest BCUT2D eigenvalue weighted by molar-refractivity contribution is 5.87. The normalized spacial score (nSPS) is 19.1. The average Bonchev–Trinajstić information content (AvgIpc) is 4.11. The van der Waals surface area contributed by atoms with Crippen molar-refractivity contribution in [3.05, 3.63) is 77.4 Å². The number of likely N-dealkylation sites (tertiary alicyclic amines) is 2. The Morgan fingerprint density at radius 1 is 0.776 bits per heavy atom. The van der Waals surface area contributed by atoms with Gasteiger partial charge in [-0.2, -0.15) is 0 Å². The largest absolute Gasteiger partial charge is 0.453 e. The maximum Gasteiger partial charge on any atom is 0.407 e. The highest BCUT2D eigenvalue weighted by Gasteiger charge is 2.41. The lowest BCUT2D eigenvalue weighted by atomic mass is 9.99. The Kier molecular flexibility index (Phi) is 12.4. The minimum absolute atomic E-state index is 0.0256. The number of methoxy groups -OCH3 is 4. The summed E-state index contributed by atoms with van der Waals surface area (Å²) in [6.45, 7) is 3.82. The van der Waals surface area contributed by atoms with Crippen molar-refractivity contribution in [2.24, 2.45) is 0 Å². The first-order chi connectivity index (χ1) is 28.1. The van der Waals surface area contributed by atoms with Gasteiger partial charge in [-0.3, -0.25) is 9.59 Å². The molecule has 0 aliphatic carbocycles. The van der Waals surface area contributed by atoms with Crippen LogP contribution in [0.5, 0.6) is 0 Å². The Balaban J connectivity index is 1.05. The summed E-state index contributed by atoms with van der Waals surface area (Å²) in [7, 11) is 5.51. The molecule has 0 saturated carbocycles. The number of aromatic nitrogens is 3. The Labute approximate surface area is 336 Å². The van der Waals surface area contributed by atoms with E-state index in [4.69, 9.17) is 23.7 Å². The van der Waals surface area contributed by atoms with Gasteiger partial charge in [-0.1, -0.05) is 48.5 Å². The number of hydrogen-bond donors (Lipinski definition) is 4. The zero-order chi connectivity index (χ0) is 40.9. The van der Waals surface area contributed by atoms with Crippen molar-refractivity contribution in [1.29, 1.82) is 0 Å². The van der Waals surface area contributed by atoms with Crippen molar-refractivity contribution in [3.8, 4) is 33.6 Å². The minimum atomic E-state index is -0.894. The first-order valence-corrected chi connectivity index (χ1v) is 19.5. The van der Waals surface area contributed by atoms with E-state index in [1.54, 1.807) is 18.0 Å². The number of nitrogens with zero attached hydrogens (tertiary/aromatic N) is 3. The van der Waals surface area contributed by atoms with E-state index >= 15 is 0 Å². The molecule has 0 unspecified atom stereocenters. The molecule has 4 amide bonds. The lowest BCUT2D eigenvalue weighted by molar-refractivity contribution is -0.137. The second kappa shape index (κ2) is 17.8. The van der Waals surface area contributed by atoms with Crippen LogP contribution in [0.2, 0.25) is 0 Å². The third kappa shape index (κ3) is 8.17. The number of fused-ring (bicyclic) bond motifs is 1. The Morgan fingerprint density at radius 3 is 2.00 bits per heavy atom. The summed E-state index contributed by atoms with van der Waals surface area (Å²) >= 11 is 0. The molecule has 2 saturated heterocycles. The molecule has 2 aromatic carbocycles. The van der Waals surface area contributed by atoms with Gasteiger partial charge >= 0.3 is 12.2 Å². The summed E-state index contributed by atoms with van der Waals surface area (Å²) in [4.78, 5) is 66.7. The summed E-state index contributed by atoms with van der Waals surface area (Å²) in [5.74, 6) is 0.221. The number of carbonyl (C=O) groups excluding carboxylic acids is 4. The number of alkyl carbamates (subject to hydrolysis) is 2. The van der Waals surface area contributed by atoms with Crippen LogP contribution in [0.4, 0.5) is 9.59 Å². The molecular formula is C42H51N7O9. The molecule has 0 radical (unpaired) electrons. The fourth-order valence-electron chi connectivity index (χ4n) is 8.30. The number of ether oxygens (including phenoxy) is 5. The van der Waals surface area contributed by atoms with Crippen molar-refractivity contribution in [2.45, 2.75) is 76.1 Å². The minimum Gasteiger partial charge on any atom is -0.453 e. The van der Waals surface area contributed by atoms with E-state index in [0.29, 0.717) is 32.1 Å². The van der Waals surface area contributed by atoms with Crippen LogP contribution < -0.4 is 10.6 Å². The standard InChI is InChI=1S/C42H51N7O9/c1-24(55-3)35(47-42(53)57-5)40(51)48-18-6-8-33(48)37-30-22-58-21-29(30)36(46-37)28-16-12-26(13-17-28)25-10-14-27(15-11-25)31-20-43-38(44-31)34-9-7-19-49(34)39(50)32(23-54-2)45-41(52)56-4/h10-17,20,24,32-35,46H,6-9,18-19,21-23H2,1-5H3,(H,43,44)(H,45,52)(H,47,53)/t24-,32+,33+,34+,35+/m1/s1. The van der Waals surface area contributed by atoms with Gasteiger partial charge in [-0.05, 0) is 54.9 Å². The molecule has 308 valence electrons. The fourth-order valence-corrected chi connectivity index (χ4v) is 8.30. The SMILES string of the molecule is COC[C@H](NC(=O)OC)C(=O)N1CCC[C@H]1c1ncc(-c2ccc(-c3ccc(-c4[nH]c([C@@H]5CCCN5C(=O)[C@@H](NC(=O)OC)[C@@H](C)OC)c5c4COC5)cc3)cc2)[nH]1. The Morgan fingerprint density at radius 2 is 1.36 bits per heavy atom. The van der Waals surface area contributed by atoms with E-state index in [9.17, 15) is 19.2 Å². The van der Waals surface area contributed by atoms with E-state index in [0.717, 1.165) is 76.1 Å². The zero-order valence-electron chi connectivity index (χ0n) is 33.5. The molecule has 0 spiro atoms. The first-order valence-electron chi connectivity index (χ1n) is 19.5. The summed E-state index contributed by atoms with van der Waals surface area (Å²) in [6.07, 6.45) is 3.01. The number of hydrogen-bond acceptors (Lipinski definition) is 10. The molecule has 3 aliphatic rings. The van der Waals surface area contributed by atoms with Gasteiger partial charge in [0.15, 0.2) is 0 Å². The number of imidazole rings is 1. The predicted octanol–water partition coefficient (Wildman–Crippen LogP) is 5.23. The molecule has 3 aliphatic heterocycles. The lowest BCUT2D eigenvalue weighted by Crippen LogP contribution is -2.54. The predicted molar refractivity (Wildman–Crippen MR) is 212 cm³/mol. The van der Waals surface area contributed by atoms with Gasteiger partial charge < -0.3 is 54.1 Å². The lowest BCUT2D eigenvalue weighted by Gasteiger charge is -2.31. The van der Waals surface area contributed by atoms with Crippen LogP contribution in [0.25, 0.3) is 33.6 Å². The van der Waals surface area contributed by atoms with Gasteiger partial charge in [0.2, 0.25) is 11.8 Å². The van der Waals surface area contributed by atoms with Crippen molar-refractivity contribution in [2.75, 3.05) is 48.1 Å². The first kappa shape index (κ1) is 40.5. The zero-order valence-corrected chi connectivity index (χ0v) is 33.5. The molecule has 0 bridgehead atoms. The Hall–Kier alpha value is -5.71. The van der Waals surface area contributed by atoms with Crippen molar-refractivity contribution < 1.29 is 42.9 Å². The van der Waals surface area contributed by atoms with Gasteiger partial charge in [0, 0.05) is 44.1 Å². The number of carbonyl (C=O) groups is 4. The second-order valence-corrected chi connectivity index (χ2v) is 14.8. The van der Waals surface area contributed by atoms with Gasteiger partial charge in [-0.25, -0.2) is 14.6 Å². The van der Waals surface area contributed by atoms with Crippen LogP contribution in [-0.4, -0.2) is 115 Å². The quantitative estimate of drug-likeness (QED) is 0.140. The van der Waals surface area contributed by atoms with E-state index in [1.165, 1.54) is 28.4 Å². The van der Waals surface area contributed by atoms with Crippen LogP contribution in [0.15, 0.2) is 54.7 Å². The highest BCUT2D eigenvalue weighted by Crippen LogP contribution is 2.42. The van der Waals surface area contributed by atoms with Crippen molar-refractivity contribution in [3.63, 3.8) is 0 Å². The van der Waals surface area contributed by atoms with E-state index in [2.05, 4.69) is 62.0 Å². The molecule has 16 nitrogen and oxygen atoms in total. The van der Waals surface area contributed by atoms with Crippen molar-refractivity contribution >= 4 is 24.0 Å². The van der Waals surface area contributed by atoms with Gasteiger partial charge in [0.25, 0.3) is 0 Å². The van der Waals surface area contributed by atoms with Gasteiger partial charge in [0.05, 0.1) is 69.8 Å². The molecule has 7 rings (SSSR count). The highest BCUT2D eigenvalue weighted by atomic mass is 16.5. The molecule has 58 heavy (non-hydrogen) atoms. The summed E-state index contributed by atoms with van der Waals surface area (Å²) in [5.41, 5.74) is 9.02. The monoisotopic (exact) mass is 797 g/mol. The maximum atomic E-state index is 13.9. The van der Waals surface area contributed by atoms with Crippen LogP contribution in [0.1, 0.15) is 67.3 Å².